The molecule has 0 spiro atoms. The highest BCUT2D eigenvalue weighted by Gasteiger charge is 2.16. The average Bonchev–Trinajstić information content (AvgIpc) is 3.24. The Balaban J connectivity index is 1.48. The van der Waals surface area contributed by atoms with Gasteiger partial charge in [-0.1, -0.05) is 12.1 Å². The summed E-state index contributed by atoms with van der Waals surface area (Å²) >= 11 is 2.97. The lowest BCUT2D eigenvalue weighted by atomic mass is 10.3. The second-order valence-corrected chi connectivity index (χ2v) is 7.01. The highest BCUT2D eigenvalue weighted by atomic mass is 32.1. The van der Waals surface area contributed by atoms with Crippen molar-refractivity contribution in [3.05, 3.63) is 51.7 Å². The van der Waals surface area contributed by atoms with E-state index in [9.17, 15) is 9.59 Å². The molecule has 0 aliphatic carbocycles. The maximum absolute atomic E-state index is 11.9. The molecular formula is C17H16N2O3S2. The molecular weight excluding hydrogens is 344 g/mol. The van der Waals surface area contributed by atoms with Crippen molar-refractivity contribution in [3.63, 3.8) is 0 Å². The van der Waals surface area contributed by atoms with E-state index in [0.29, 0.717) is 5.56 Å². The maximum atomic E-state index is 11.9. The highest BCUT2D eigenvalue weighted by molar-refractivity contribution is 7.18. The minimum absolute atomic E-state index is 0.130. The van der Waals surface area contributed by atoms with Crippen LogP contribution in [-0.2, 0) is 9.53 Å². The van der Waals surface area contributed by atoms with Gasteiger partial charge in [0, 0.05) is 17.5 Å². The van der Waals surface area contributed by atoms with E-state index in [0.717, 1.165) is 15.2 Å². The predicted octanol–water partition coefficient (Wildman–Crippen LogP) is 3.78. The van der Waals surface area contributed by atoms with Crippen LogP contribution < -0.4 is 5.32 Å². The number of esters is 1. The molecule has 3 aromatic rings. The van der Waals surface area contributed by atoms with Gasteiger partial charge in [-0.2, -0.15) is 11.3 Å². The molecule has 0 saturated heterocycles. The fraction of sp³-hybridized carbons (Fsp3) is 0.235. The second-order valence-electron chi connectivity index (χ2n) is 5.17. The number of thiazole rings is 1. The average molecular weight is 360 g/mol. The summed E-state index contributed by atoms with van der Waals surface area (Å²) in [5.41, 5.74) is 1.51. The molecule has 1 atom stereocenters. The smallest absolute Gasteiger partial charge is 0.308 e. The van der Waals surface area contributed by atoms with Crippen molar-refractivity contribution in [2.24, 2.45) is 0 Å². The number of thiophene rings is 1. The van der Waals surface area contributed by atoms with Gasteiger partial charge < -0.3 is 10.1 Å². The van der Waals surface area contributed by atoms with Crippen LogP contribution in [0.2, 0.25) is 0 Å². The number of nitrogens with one attached hydrogen (secondary N) is 1. The molecule has 0 radical (unpaired) electrons. The molecule has 1 unspecified atom stereocenters. The number of para-hydroxylation sites is 1. The quantitative estimate of drug-likeness (QED) is 0.679. The van der Waals surface area contributed by atoms with Crippen LogP contribution in [0.5, 0.6) is 0 Å². The number of hydrogen-bond donors (Lipinski definition) is 1. The first-order chi connectivity index (χ1) is 11.6. The number of hydrogen-bond acceptors (Lipinski definition) is 6. The first-order valence-electron chi connectivity index (χ1n) is 7.49. The molecule has 0 aliphatic heterocycles. The summed E-state index contributed by atoms with van der Waals surface area (Å²) in [5.74, 6) is -0.532. The number of aromatic nitrogens is 1. The Kier molecular flexibility index (Phi) is 5.22. The standard InChI is InChI=1S/C17H16N2O3S2/c1-11(17-19-13-4-2-3-5-14(13)24-17)22-15(20)6-8-18-16(21)12-7-9-23-10-12/h2-5,7,9-11H,6,8H2,1H3,(H,18,21). The van der Waals surface area contributed by atoms with Gasteiger partial charge in [-0.05, 0) is 30.5 Å². The summed E-state index contributed by atoms with van der Waals surface area (Å²) in [6, 6.07) is 9.55. The summed E-state index contributed by atoms with van der Waals surface area (Å²) in [6.07, 6.45) is -0.270. The van der Waals surface area contributed by atoms with E-state index >= 15 is 0 Å². The molecule has 0 fully saturated rings. The van der Waals surface area contributed by atoms with E-state index in [2.05, 4.69) is 10.3 Å². The molecule has 7 heteroatoms. The summed E-state index contributed by atoms with van der Waals surface area (Å²) in [4.78, 5) is 28.2. The minimum atomic E-state index is -0.400. The third kappa shape index (κ3) is 3.98. The number of rotatable bonds is 6. The number of amides is 1. The summed E-state index contributed by atoms with van der Waals surface area (Å²) in [6.45, 7) is 2.06. The zero-order valence-corrected chi connectivity index (χ0v) is 14.7. The molecule has 1 N–H and O–H groups in total. The Morgan fingerprint density at radius 3 is 2.88 bits per heavy atom. The van der Waals surface area contributed by atoms with Crippen LogP contribution in [0.3, 0.4) is 0 Å². The van der Waals surface area contributed by atoms with E-state index in [1.807, 2.05) is 29.6 Å². The first-order valence-corrected chi connectivity index (χ1v) is 9.25. The largest absolute Gasteiger partial charge is 0.455 e. The van der Waals surface area contributed by atoms with Crippen molar-refractivity contribution in [3.8, 4) is 0 Å². The SMILES string of the molecule is CC(OC(=O)CCNC(=O)c1ccsc1)c1nc2ccccc2s1. The van der Waals surface area contributed by atoms with Crippen molar-refractivity contribution in [1.82, 2.24) is 10.3 Å². The number of ether oxygens (including phenoxy) is 1. The van der Waals surface area contributed by atoms with Crippen LogP contribution in [0, 0.1) is 0 Å². The Morgan fingerprint density at radius 1 is 1.29 bits per heavy atom. The molecule has 3 rings (SSSR count). The lowest BCUT2D eigenvalue weighted by Crippen LogP contribution is -2.26. The van der Waals surface area contributed by atoms with Gasteiger partial charge in [-0.3, -0.25) is 9.59 Å². The van der Waals surface area contributed by atoms with Gasteiger partial charge in [0.15, 0.2) is 6.10 Å². The summed E-state index contributed by atoms with van der Waals surface area (Å²) < 4.78 is 6.47. The van der Waals surface area contributed by atoms with E-state index < -0.39 is 6.10 Å². The topological polar surface area (TPSA) is 68.3 Å². The van der Waals surface area contributed by atoms with E-state index in [1.54, 1.807) is 18.4 Å². The number of carbonyl (C=O) groups is 2. The van der Waals surface area contributed by atoms with Crippen molar-refractivity contribution in [2.45, 2.75) is 19.4 Å². The summed E-state index contributed by atoms with van der Waals surface area (Å²) in [5, 5.41) is 7.08. The molecule has 2 heterocycles. The molecule has 5 nitrogen and oxygen atoms in total. The van der Waals surface area contributed by atoms with E-state index in [-0.39, 0.29) is 24.8 Å². The van der Waals surface area contributed by atoms with Crippen LogP contribution in [0.4, 0.5) is 0 Å². The van der Waals surface area contributed by atoms with Crippen molar-refractivity contribution in [2.75, 3.05) is 6.54 Å². The molecule has 0 bridgehead atoms. The van der Waals surface area contributed by atoms with Gasteiger partial charge in [-0.15, -0.1) is 11.3 Å². The molecule has 1 amide bonds. The van der Waals surface area contributed by atoms with Gasteiger partial charge in [-0.25, -0.2) is 4.98 Å². The van der Waals surface area contributed by atoms with Crippen LogP contribution in [0.1, 0.15) is 34.8 Å². The summed E-state index contributed by atoms with van der Waals surface area (Å²) in [7, 11) is 0. The van der Waals surface area contributed by atoms with Crippen molar-refractivity contribution >= 4 is 44.8 Å². The third-order valence-corrected chi connectivity index (χ3v) is 5.25. The predicted molar refractivity (Wildman–Crippen MR) is 95.4 cm³/mol. The Hall–Kier alpha value is -2.25. The number of carbonyl (C=O) groups excluding carboxylic acids is 2. The molecule has 2 aromatic heterocycles. The lowest BCUT2D eigenvalue weighted by Gasteiger charge is -2.10. The van der Waals surface area contributed by atoms with E-state index in [4.69, 9.17) is 4.74 Å². The van der Waals surface area contributed by atoms with Gasteiger partial charge in [0.25, 0.3) is 5.91 Å². The molecule has 1 aromatic carbocycles. The number of benzene rings is 1. The fourth-order valence-electron chi connectivity index (χ4n) is 2.14. The molecule has 0 aliphatic rings. The number of fused-ring (bicyclic) bond motifs is 1. The molecule has 24 heavy (non-hydrogen) atoms. The van der Waals surface area contributed by atoms with Crippen LogP contribution >= 0.6 is 22.7 Å². The lowest BCUT2D eigenvalue weighted by molar-refractivity contribution is -0.148. The Labute approximate surface area is 147 Å². The Morgan fingerprint density at radius 2 is 2.12 bits per heavy atom. The first kappa shape index (κ1) is 16.6. The minimum Gasteiger partial charge on any atom is -0.455 e. The monoisotopic (exact) mass is 360 g/mol. The normalized spacial score (nSPS) is 12.0. The number of nitrogens with zero attached hydrogens (tertiary/aromatic N) is 1. The van der Waals surface area contributed by atoms with Crippen molar-refractivity contribution < 1.29 is 14.3 Å². The van der Waals surface area contributed by atoms with Crippen LogP contribution in [0.25, 0.3) is 10.2 Å². The van der Waals surface area contributed by atoms with Crippen LogP contribution in [-0.4, -0.2) is 23.4 Å². The molecule has 124 valence electrons. The third-order valence-electron chi connectivity index (χ3n) is 3.36. The Bertz CT molecular complexity index is 810. The fourth-order valence-corrected chi connectivity index (χ4v) is 3.73. The highest BCUT2D eigenvalue weighted by Crippen LogP contribution is 2.28. The van der Waals surface area contributed by atoms with Crippen LogP contribution in [0.15, 0.2) is 41.1 Å². The van der Waals surface area contributed by atoms with E-state index in [1.165, 1.54) is 22.7 Å². The zero-order chi connectivity index (χ0) is 16.9. The van der Waals surface area contributed by atoms with Gasteiger partial charge >= 0.3 is 5.97 Å². The van der Waals surface area contributed by atoms with Crippen molar-refractivity contribution in [1.29, 1.82) is 0 Å². The zero-order valence-electron chi connectivity index (χ0n) is 13.0. The second kappa shape index (κ2) is 7.55. The van der Waals surface area contributed by atoms with Gasteiger partial charge in [0.1, 0.15) is 5.01 Å². The molecule has 0 saturated carbocycles. The van der Waals surface area contributed by atoms with Gasteiger partial charge in [0.2, 0.25) is 0 Å². The van der Waals surface area contributed by atoms with Gasteiger partial charge in [0.05, 0.1) is 16.6 Å². The maximum Gasteiger partial charge on any atom is 0.308 e.